The smallest absolute Gasteiger partial charge is 0.229 e. The van der Waals surface area contributed by atoms with Gasteiger partial charge in [-0.25, -0.2) is 0 Å². The van der Waals surface area contributed by atoms with Crippen LogP contribution in [0.4, 0.5) is 0 Å². The Bertz CT molecular complexity index is 372. The topological polar surface area (TPSA) is 62.4 Å². The summed E-state index contributed by atoms with van der Waals surface area (Å²) in [6.45, 7) is 3.11. The molecule has 1 aliphatic heterocycles. The maximum Gasteiger partial charge on any atom is 0.229 e. The number of thioether (sulfide) groups is 1. The standard InChI is InChI=1S/C12H21N3O2S/c1-3-4-9(16)7-11-13-12(14-17-11)10-8-18-6-5-15(10)2/h9-10,16H,3-8H2,1-2H3. The first-order chi connectivity index (χ1) is 8.70. The first-order valence-corrected chi connectivity index (χ1v) is 7.64. The van der Waals surface area contributed by atoms with Gasteiger partial charge in [0.05, 0.1) is 18.6 Å². The maximum atomic E-state index is 9.73. The van der Waals surface area contributed by atoms with E-state index in [1.54, 1.807) is 0 Å². The van der Waals surface area contributed by atoms with E-state index in [2.05, 4.69) is 29.0 Å². The predicted molar refractivity (Wildman–Crippen MR) is 71.6 cm³/mol. The van der Waals surface area contributed by atoms with Gasteiger partial charge in [-0.15, -0.1) is 0 Å². The molecule has 0 aromatic carbocycles. The van der Waals surface area contributed by atoms with Crippen molar-refractivity contribution in [2.45, 2.75) is 38.3 Å². The predicted octanol–water partition coefficient (Wildman–Crippen LogP) is 1.49. The van der Waals surface area contributed by atoms with Gasteiger partial charge in [-0.3, -0.25) is 4.90 Å². The number of hydrogen-bond acceptors (Lipinski definition) is 6. The number of nitrogens with zero attached hydrogens (tertiary/aromatic N) is 3. The quantitative estimate of drug-likeness (QED) is 0.875. The van der Waals surface area contributed by atoms with Gasteiger partial charge < -0.3 is 9.63 Å². The summed E-state index contributed by atoms with van der Waals surface area (Å²) in [6.07, 6.45) is 1.83. The van der Waals surface area contributed by atoms with Gasteiger partial charge in [0.15, 0.2) is 5.82 Å². The second-order valence-corrected chi connectivity index (χ2v) is 5.91. The second kappa shape index (κ2) is 6.54. The van der Waals surface area contributed by atoms with Crippen LogP contribution in [0.3, 0.4) is 0 Å². The van der Waals surface area contributed by atoms with Crippen LogP contribution in [0, 0.1) is 0 Å². The highest BCUT2D eigenvalue weighted by atomic mass is 32.2. The van der Waals surface area contributed by atoms with Crippen LogP contribution < -0.4 is 0 Å². The van der Waals surface area contributed by atoms with Crippen LogP contribution in [0.2, 0.25) is 0 Å². The van der Waals surface area contributed by atoms with Gasteiger partial charge in [-0.05, 0) is 13.5 Å². The summed E-state index contributed by atoms with van der Waals surface area (Å²) in [4.78, 5) is 6.67. The number of aliphatic hydroxyl groups excluding tert-OH is 1. The highest BCUT2D eigenvalue weighted by Crippen LogP contribution is 2.26. The zero-order chi connectivity index (χ0) is 13.0. The van der Waals surface area contributed by atoms with Crippen molar-refractivity contribution in [3.63, 3.8) is 0 Å². The molecule has 102 valence electrons. The molecule has 1 saturated heterocycles. The average molecular weight is 271 g/mol. The van der Waals surface area contributed by atoms with E-state index in [9.17, 15) is 5.11 Å². The minimum Gasteiger partial charge on any atom is -0.393 e. The Kier molecular flexibility index (Phi) is 5.03. The molecule has 1 aromatic rings. The fourth-order valence-corrected chi connectivity index (χ4v) is 3.29. The van der Waals surface area contributed by atoms with Crippen LogP contribution in [-0.4, -0.2) is 51.3 Å². The van der Waals surface area contributed by atoms with Crippen LogP contribution in [0.25, 0.3) is 0 Å². The number of rotatable bonds is 5. The van der Waals surface area contributed by atoms with E-state index in [0.717, 1.165) is 36.7 Å². The molecule has 0 aliphatic carbocycles. The maximum absolute atomic E-state index is 9.73. The fourth-order valence-electron chi connectivity index (χ4n) is 2.08. The molecule has 1 aliphatic rings. The Labute approximate surface area is 112 Å². The summed E-state index contributed by atoms with van der Waals surface area (Å²) in [5, 5.41) is 13.8. The molecular weight excluding hydrogens is 250 g/mol. The highest BCUT2D eigenvalue weighted by molar-refractivity contribution is 7.99. The zero-order valence-corrected chi connectivity index (χ0v) is 11.8. The van der Waals surface area contributed by atoms with E-state index < -0.39 is 0 Å². The molecular formula is C12H21N3O2S. The van der Waals surface area contributed by atoms with E-state index in [1.807, 2.05) is 11.8 Å². The number of aromatic nitrogens is 2. The molecule has 0 spiro atoms. The summed E-state index contributed by atoms with van der Waals surface area (Å²) in [5.74, 6) is 3.47. The molecule has 0 radical (unpaired) electrons. The largest absolute Gasteiger partial charge is 0.393 e. The lowest BCUT2D eigenvalue weighted by Gasteiger charge is -2.29. The van der Waals surface area contributed by atoms with E-state index in [0.29, 0.717) is 12.3 Å². The monoisotopic (exact) mass is 271 g/mol. The summed E-state index contributed by atoms with van der Waals surface area (Å²) in [5.41, 5.74) is 0. The molecule has 2 atom stereocenters. The van der Waals surface area contributed by atoms with Crippen LogP contribution in [0.1, 0.15) is 37.5 Å². The van der Waals surface area contributed by atoms with E-state index in [-0.39, 0.29) is 12.1 Å². The minimum absolute atomic E-state index is 0.240. The number of hydrogen-bond donors (Lipinski definition) is 1. The van der Waals surface area contributed by atoms with E-state index in [1.165, 1.54) is 0 Å². The van der Waals surface area contributed by atoms with Gasteiger partial charge >= 0.3 is 0 Å². The van der Waals surface area contributed by atoms with Crippen molar-refractivity contribution < 1.29 is 9.63 Å². The molecule has 0 saturated carbocycles. The summed E-state index contributed by atoms with van der Waals surface area (Å²) >= 11 is 1.92. The summed E-state index contributed by atoms with van der Waals surface area (Å²) < 4.78 is 5.23. The van der Waals surface area contributed by atoms with Crippen molar-refractivity contribution >= 4 is 11.8 Å². The third-order valence-electron chi connectivity index (χ3n) is 3.21. The molecule has 18 heavy (non-hydrogen) atoms. The number of aliphatic hydroxyl groups is 1. The highest BCUT2D eigenvalue weighted by Gasteiger charge is 2.26. The summed E-state index contributed by atoms with van der Waals surface area (Å²) in [6, 6.07) is 0.240. The lowest BCUT2D eigenvalue weighted by molar-refractivity contribution is 0.151. The Hall–Kier alpha value is -0.590. The summed E-state index contributed by atoms with van der Waals surface area (Å²) in [7, 11) is 2.09. The van der Waals surface area contributed by atoms with Crippen LogP contribution >= 0.6 is 11.8 Å². The lowest BCUT2D eigenvalue weighted by atomic mass is 10.1. The van der Waals surface area contributed by atoms with Gasteiger partial charge in [-0.1, -0.05) is 18.5 Å². The van der Waals surface area contributed by atoms with Gasteiger partial charge in [-0.2, -0.15) is 16.7 Å². The Morgan fingerprint density at radius 2 is 2.44 bits per heavy atom. The van der Waals surface area contributed by atoms with Crippen molar-refractivity contribution in [1.82, 2.24) is 15.0 Å². The van der Waals surface area contributed by atoms with Crippen LogP contribution in [-0.2, 0) is 6.42 Å². The van der Waals surface area contributed by atoms with Crippen molar-refractivity contribution in [3.8, 4) is 0 Å². The van der Waals surface area contributed by atoms with Crippen molar-refractivity contribution in [3.05, 3.63) is 11.7 Å². The van der Waals surface area contributed by atoms with Gasteiger partial charge in [0.25, 0.3) is 0 Å². The van der Waals surface area contributed by atoms with Crippen LogP contribution in [0.15, 0.2) is 4.52 Å². The molecule has 1 fully saturated rings. The molecule has 0 amide bonds. The normalized spacial score (nSPS) is 23.2. The molecule has 0 bridgehead atoms. The molecule has 1 N–H and O–H groups in total. The molecule has 5 nitrogen and oxygen atoms in total. The molecule has 2 heterocycles. The zero-order valence-electron chi connectivity index (χ0n) is 11.0. The lowest BCUT2D eigenvalue weighted by Crippen LogP contribution is -2.33. The van der Waals surface area contributed by atoms with Crippen molar-refractivity contribution in [2.75, 3.05) is 25.1 Å². The van der Waals surface area contributed by atoms with Gasteiger partial charge in [0.1, 0.15) is 0 Å². The first kappa shape index (κ1) is 13.8. The van der Waals surface area contributed by atoms with Gasteiger partial charge in [0.2, 0.25) is 5.89 Å². The fraction of sp³-hybridized carbons (Fsp3) is 0.833. The molecule has 2 rings (SSSR count). The molecule has 2 unspecified atom stereocenters. The Morgan fingerprint density at radius 1 is 1.61 bits per heavy atom. The van der Waals surface area contributed by atoms with Crippen LogP contribution in [0.5, 0.6) is 0 Å². The minimum atomic E-state index is -0.373. The van der Waals surface area contributed by atoms with E-state index >= 15 is 0 Å². The third kappa shape index (κ3) is 3.46. The van der Waals surface area contributed by atoms with Crippen molar-refractivity contribution in [2.24, 2.45) is 0 Å². The van der Waals surface area contributed by atoms with E-state index in [4.69, 9.17) is 4.52 Å². The SMILES string of the molecule is CCCC(O)Cc1nc(C2CSCCN2C)no1. The van der Waals surface area contributed by atoms with Crippen molar-refractivity contribution in [1.29, 1.82) is 0 Å². The Morgan fingerprint density at radius 3 is 3.17 bits per heavy atom. The van der Waals surface area contributed by atoms with Gasteiger partial charge in [0, 0.05) is 18.1 Å². The Balaban J connectivity index is 1.96. The first-order valence-electron chi connectivity index (χ1n) is 6.49. The average Bonchev–Trinajstić information content (AvgIpc) is 2.78. The third-order valence-corrected chi connectivity index (χ3v) is 4.23. The second-order valence-electron chi connectivity index (χ2n) is 4.76. The molecule has 1 aromatic heterocycles. The molecule has 6 heteroatoms.